The van der Waals surface area contributed by atoms with Gasteiger partial charge in [0.25, 0.3) is 5.91 Å². The van der Waals surface area contributed by atoms with Crippen LogP contribution >= 0.6 is 0 Å². The van der Waals surface area contributed by atoms with E-state index in [0.717, 1.165) is 25.2 Å². The van der Waals surface area contributed by atoms with E-state index in [1.165, 1.54) is 6.20 Å². The van der Waals surface area contributed by atoms with Crippen molar-refractivity contribution in [1.82, 2.24) is 20.3 Å². The fraction of sp³-hybridized carbons (Fsp3) is 0.412. The van der Waals surface area contributed by atoms with Crippen LogP contribution in [-0.4, -0.2) is 52.2 Å². The molecular weight excluding hydrogens is 325 g/mol. The van der Waals surface area contributed by atoms with E-state index in [1.807, 2.05) is 4.90 Å². The number of nitrogens with zero attached hydrogens (tertiary/aromatic N) is 4. The molecule has 2 aliphatic heterocycles. The van der Waals surface area contributed by atoms with Gasteiger partial charge in [-0.15, -0.1) is 0 Å². The summed E-state index contributed by atoms with van der Waals surface area (Å²) < 4.78 is 19.0. The van der Waals surface area contributed by atoms with Crippen LogP contribution in [0.5, 0.6) is 0 Å². The average molecular weight is 343 g/mol. The quantitative estimate of drug-likeness (QED) is 0.901. The summed E-state index contributed by atoms with van der Waals surface area (Å²) in [6.45, 7) is 1.19. The van der Waals surface area contributed by atoms with Crippen molar-refractivity contribution in [1.29, 1.82) is 0 Å². The summed E-state index contributed by atoms with van der Waals surface area (Å²) in [7, 11) is 0. The minimum absolute atomic E-state index is 0.0680. The molecule has 1 amide bonds. The van der Waals surface area contributed by atoms with Crippen molar-refractivity contribution in [2.75, 3.05) is 18.1 Å². The summed E-state index contributed by atoms with van der Waals surface area (Å²) in [5.41, 5.74) is 0.506. The van der Waals surface area contributed by atoms with Gasteiger partial charge in [-0.3, -0.25) is 9.78 Å². The molecule has 0 aliphatic carbocycles. The first-order chi connectivity index (χ1) is 12.2. The van der Waals surface area contributed by atoms with Crippen LogP contribution in [-0.2, 0) is 4.74 Å². The molecule has 0 saturated carbocycles. The molecule has 0 spiro atoms. The molecule has 4 rings (SSSR count). The zero-order valence-electron chi connectivity index (χ0n) is 13.5. The van der Waals surface area contributed by atoms with Gasteiger partial charge in [0, 0.05) is 25.5 Å². The lowest BCUT2D eigenvalue weighted by Crippen LogP contribution is -2.47. The summed E-state index contributed by atoms with van der Waals surface area (Å²) >= 11 is 0. The number of halogens is 1. The highest BCUT2D eigenvalue weighted by molar-refractivity contribution is 5.94. The zero-order chi connectivity index (χ0) is 17.2. The number of hydrogen-bond donors (Lipinski definition) is 1. The summed E-state index contributed by atoms with van der Waals surface area (Å²) in [6, 6.07) is 3.32. The zero-order valence-corrected chi connectivity index (χ0v) is 13.5. The van der Waals surface area contributed by atoms with Crippen molar-refractivity contribution in [3.8, 4) is 0 Å². The number of rotatable bonds is 3. The summed E-state index contributed by atoms with van der Waals surface area (Å²) in [6.07, 6.45) is 7.19. The Morgan fingerprint density at radius 2 is 2.16 bits per heavy atom. The third-order valence-corrected chi connectivity index (χ3v) is 4.63. The number of pyridine rings is 1. The van der Waals surface area contributed by atoms with Gasteiger partial charge in [-0.2, -0.15) is 0 Å². The predicted octanol–water partition coefficient (Wildman–Crippen LogP) is 1.18. The predicted molar refractivity (Wildman–Crippen MR) is 87.6 cm³/mol. The standard InChI is InChI=1S/C17H18FN5O2/c18-12-8-20-17(21-9-12)23-10-13(15-14(23)4-2-6-25-15)22-16(24)11-3-1-5-19-7-11/h1,3,5,7-9,13-15H,2,4,6,10H2,(H,22,24)/t13-,14+,15+/m1/s1. The van der Waals surface area contributed by atoms with E-state index in [-0.39, 0.29) is 24.1 Å². The Morgan fingerprint density at radius 3 is 2.92 bits per heavy atom. The van der Waals surface area contributed by atoms with Gasteiger partial charge < -0.3 is 15.0 Å². The molecule has 4 heterocycles. The first-order valence-corrected chi connectivity index (χ1v) is 8.29. The molecule has 0 aromatic carbocycles. The topological polar surface area (TPSA) is 80.2 Å². The van der Waals surface area contributed by atoms with E-state index in [0.29, 0.717) is 24.7 Å². The van der Waals surface area contributed by atoms with Gasteiger partial charge in [0.2, 0.25) is 5.95 Å². The van der Waals surface area contributed by atoms with Gasteiger partial charge in [-0.05, 0) is 25.0 Å². The van der Waals surface area contributed by atoms with E-state index in [1.54, 1.807) is 18.3 Å². The van der Waals surface area contributed by atoms with Crippen LogP contribution in [0.15, 0.2) is 36.9 Å². The molecule has 2 aromatic heterocycles. The number of ether oxygens (including phenoxy) is 1. The number of carbonyl (C=O) groups is 1. The lowest BCUT2D eigenvalue weighted by atomic mass is 10.0. The highest BCUT2D eigenvalue weighted by Gasteiger charge is 2.45. The van der Waals surface area contributed by atoms with Crippen molar-refractivity contribution >= 4 is 11.9 Å². The Kier molecular flexibility index (Phi) is 4.27. The lowest BCUT2D eigenvalue weighted by molar-refractivity contribution is 0.000624. The number of aromatic nitrogens is 3. The highest BCUT2D eigenvalue weighted by Crippen LogP contribution is 2.31. The van der Waals surface area contributed by atoms with Gasteiger partial charge in [-0.25, -0.2) is 14.4 Å². The molecule has 130 valence electrons. The second-order valence-electron chi connectivity index (χ2n) is 6.22. The van der Waals surface area contributed by atoms with Gasteiger partial charge >= 0.3 is 0 Å². The van der Waals surface area contributed by atoms with Crippen molar-refractivity contribution in [2.24, 2.45) is 0 Å². The number of hydrogen-bond acceptors (Lipinski definition) is 6. The molecule has 0 radical (unpaired) electrons. The maximum atomic E-state index is 13.1. The third kappa shape index (κ3) is 3.17. The molecule has 0 bridgehead atoms. The minimum atomic E-state index is -0.471. The van der Waals surface area contributed by atoms with Gasteiger partial charge in [-0.1, -0.05) is 0 Å². The Labute approximate surface area is 144 Å². The first-order valence-electron chi connectivity index (χ1n) is 8.29. The van der Waals surface area contributed by atoms with Crippen LogP contribution in [0.3, 0.4) is 0 Å². The number of nitrogens with one attached hydrogen (secondary N) is 1. The third-order valence-electron chi connectivity index (χ3n) is 4.63. The number of amides is 1. The fourth-order valence-corrected chi connectivity index (χ4v) is 3.52. The van der Waals surface area contributed by atoms with E-state index in [2.05, 4.69) is 20.3 Å². The van der Waals surface area contributed by atoms with Crippen LogP contribution in [0, 0.1) is 5.82 Å². The Balaban J connectivity index is 1.54. The molecule has 7 nitrogen and oxygen atoms in total. The molecule has 0 unspecified atom stereocenters. The number of fused-ring (bicyclic) bond motifs is 1. The first kappa shape index (κ1) is 15.9. The van der Waals surface area contributed by atoms with Crippen molar-refractivity contribution in [3.63, 3.8) is 0 Å². The second-order valence-corrected chi connectivity index (χ2v) is 6.22. The maximum absolute atomic E-state index is 13.1. The largest absolute Gasteiger partial charge is 0.374 e. The van der Waals surface area contributed by atoms with Crippen LogP contribution in [0.25, 0.3) is 0 Å². The summed E-state index contributed by atoms with van der Waals surface area (Å²) in [5.74, 6) is -0.200. The molecule has 2 aliphatic rings. The molecule has 25 heavy (non-hydrogen) atoms. The van der Waals surface area contributed by atoms with Crippen LogP contribution in [0.4, 0.5) is 10.3 Å². The summed E-state index contributed by atoms with van der Waals surface area (Å²) in [5, 5.41) is 3.03. The molecule has 1 N–H and O–H groups in total. The van der Waals surface area contributed by atoms with Crippen molar-refractivity contribution < 1.29 is 13.9 Å². The number of carbonyl (C=O) groups excluding carboxylic acids is 1. The fourth-order valence-electron chi connectivity index (χ4n) is 3.52. The van der Waals surface area contributed by atoms with E-state index in [4.69, 9.17) is 4.74 Å². The van der Waals surface area contributed by atoms with Crippen LogP contribution < -0.4 is 10.2 Å². The molecule has 2 aromatic rings. The normalized spacial score (nSPS) is 25.5. The molecule has 8 heteroatoms. The smallest absolute Gasteiger partial charge is 0.253 e. The monoisotopic (exact) mass is 343 g/mol. The Hall–Kier alpha value is -2.61. The van der Waals surface area contributed by atoms with Crippen LogP contribution in [0.1, 0.15) is 23.2 Å². The van der Waals surface area contributed by atoms with Gasteiger partial charge in [0.1, 0.15) is 0 Å². The molecule has 2 saturated heterocycles. The van der Waals surface area contributed by atoms with Gasteiger partial charge in [0.05, 0.1) is 36.1 Å². The minimum Gasteiger partial charge on any atom is -0.374 e. The van der Waals surface area contributed by atoms with Crippen molar-refractivity contribution in [3.05, 3.63) is 48.3 Å². The van der Waals surface area contributed by atoms with Gasteiger partial charge in [0.15, 0.2) is 5.82 Å². The Bertz CT molecular complexity index is 742. The Morgan fingerprint density at radius 1 is 1.32 bits per heavy atom. The van der Waals surface area contributed by atoms with Crippen LogP contribution in [0.2, 0.25) is 0 Å². The lowest BCUT2D eigenvalue weighted by Gasteiger charge is -2.32. The number of anilines is 1. The second kappa shape index (κ2) is 6.72. The highest BCUT2D eigenvalue weighted by atomic mass is 19.1. The molecule has 3 atom stereocenters. The van der Waals surface area contributed by atoms with Crippen molar-refractivity contribution in [2.45, 2.75) is 31.0 Å². The summed E-state index contributed by atoms with van der Waals surface area (Å²) in [4.78, 5) is 26.6. The molecule has 2 fully saturated rings. The van der Waals surface area contributed by atoms with E-state index >= 15 is 0 Å². The average Bonchev–Trinajstić information content (AvgIpc) is 3.02. The van der Waals surface area contributed by atoms with E-state index in [9.17, 15) is 9.18 Å². The van der Waals surface area contributed by atoms with E-state index < -0.39 is 5.82 Å². The molecular formula is C17H18FN5O2. The SMILES string of the molecule is O=C(N[C@@H]1CN(c2ncc(F)cn2)[C@H]2CCCO[C@@H]12)c1cccnc1. The maximum Gasteiger partial charge on any atom is 0.253 e.